The smallest absolute Gasteiger partial charge is 0.160 e. The molecule has 2 fully saturated rings. The highest BCUT2D eigenvalue weighted by atomic mass is 16.5. The third-order valence-corrected chi connectivity index (χ3v) is 5.21. The van der Waals surface area contributed by atoms with E-state index in [0.29, 0.717) is 5.92 Å². The zero-order chi connectivity index (χ0) is 17.4. The van der Waals surface area contributed by atoms with Gasteiger partial charge in [0.1, 0.15) is 0 Å². The van der Waals surface area contributed by atoms with Gasteiger partial charge in [0, 0.05) is 49.2 Å². The highest BCUT2D eigenvalue weighted by Crippen LogP contribution is 2.31. The van der Waals surface area contributed by atoms with E-state index in [2.05, 4.69) is 48.5 Å². The van der Waals surface area contributed by atoms with Crippen LogP contribution in [0.2, 0.25) is 0 Å². The van der Waals surface area contributed by atoms with Crippen LogP contribution in [0.15, 0.2) is 18.5 Å². The molecular weight excluding hydrogens is 316 g/mol. The predicted molar refractivity (Wildman–Crippen MR) is 95.7 cm³/mol. The monoisotopic (exact) mass is 344 g/mol. The van der Waals surface area contributed by atoms with Crippen LogP contribution in [0.25, 0.3) is 11.4 Å². The van der Waals surface area contributed by atoms with Gasteiger partial charge in [0.25, 0.3) is 0 Å². The van der Waals surface area contributed by atoms with Crippen molar-refractivity contribution in [2.24, 2.45) is 0 Å². The molecule has 0 saturated carbocycles. The Balaban J connectivity index is 1.71. The first-order chi connectivity index (χ1) is 12.0. The van der Waals surface area contributed by atoms with Crippen LogP contribution in [0.3, 0.4) is 0 Å². The molecule has 1 unspecified atom stereocenters. The van der Waals surface area contributed by atoms with Gasteiger partial charge in [-0.3, -0.25) is 0 Å². The van der Waals surface area contributed by atoms with Crippen LogP contribution in [-0.4, -0.2) is 45.8 Å². The molecule has 6 heteroatoms. The van der Waals surface area contributed by atoms with Gasteiger partial charge >= 0.3 is 0 Å². The SMILES string of the molecule is CC(C)(C)n1ccc(-c2nc(C3CCOCC3)nn2C2CCOC2)c1. The summed E-state index contributed by atoms with van der Waals surface area (Å²) in [7, 11) is 0. The average Bonchev–Trinajstić information content (AvgIpc) is 3.33. The Bertz CT molecular complexity index is 716. The lowest BCUT2D eigenvalue weighted by Gasteiger charge is -2.20. The first-order valence-electron chi connectivity index (χ1n) is 9.33. The van der Waals surface area contributed by atoms with Gasteiger partial charge in [-0.25, -0.2) is 9.67 Å². The lowest BCUT2D eigenvalue weighted by atomic mass is 10.00. The topological polar surface area (TPSA) is 54.1 Å². The molecule has 4 heterocycles. The van der Waals surface area contributed by atoms with Gasteiger partial charge in [0.05, 0.1) is 12.6 Å². The Hall–Kier alpha value is -1.66. The number of hydrogen-bond donors (Lipinski definition) is 0. The van der Waals surface area contributed by atoms with Crippen LogP contribution in [0.5, 0.6) is 0 Å². The number of aromatic nitrogens is 4. The molecule has 2 aliphatic rings. The average molecular weight is 344 g/mol. The van der Waals surface area contributed by atoms with Crippen molar-refractivity contribution in [1.82, 2.24) is 19.3 Å². The van der Waals surface area contributed by atoms with E-state index in [1.165, 1.54) is 0 Å². The van der Waals surface area contributed by atoms with Crippen LogP contribution in [0.1, 0.15) is 57.8 Å². The summed E-state index contributed by atoms with van der Waals surface area (Å²) in [5.41, 5.74) is 1.19. The van der Waals surface area contributed by atoms with E-state index < -0.39 is 0 Å². The van der Waals surface area contributed by atoms with E-state index >= 15 is 0 Å². The summed E-state index contributed by atoms with van der Waals surface area (Å²) >= 11 is 0. The Morgan fingerprint density at radius 1 is 1.08 bits per heavy atom. The summed E-state index contributed by atoms with van der Waals surface area (Å²) in [6.07, 6.45) is 7.34. The first kappa shape index (κ1) is 16.8. The normalized spacial score (nSPS) is 22.6. The molecule has 0 aliphatic carbocycles. The van der Waals surface area contributed by atoms with Crippen molar-refractivity contribution < 1.29 is 9.47 Å². The number of ether oxygens (including phenoxy) is 2. The van der Waals surface area contributed by atoms with Gasteiger partial charge in [-0.1, -0.05) is 0 Å². The van der Waals surface area contributed by atoms with Gasteiger partial charge in [-0.15, -0.1) is 0 Å². The second-order valence-electron chi connectivity index (χ2n) is 8.12. The second-order valence-corrected chi connectivity index (χ2v) is 8.12. The molecule has 0 spiro atoms. The summed E-state index contributed by atoms with van der Waals surface area (Å²) in [5, 5.41) is 4.92. The van der Waals surface area contributed by atoms with Gasteiger partial charge < -0.3 is 14.0 Å². The Morgan fingerprint density at radius 2 is 1.84 bits per heavy atom. The fourth-order valence-electron chi connectivity index (χ4n) is 3.58. The van der Waals surface area contributed by atoms with Gasteiger partial charge in [0.15, 0.2) is 11.6 Å². The highest BCUT2D eigenvalue weighted by Gasteiger charge is 2.28. The van der Waals surface area contributed by atoms with Crippen LogP contribution in [0, 0.1) is 0 Å². The van der Waals surface area contributed by atoms with Crippen molar-refractivity contribution in [3.8, 4) is 11.4 Å². The van der Waals surface area contributed by atoms with E-state index in [-0.39, 0.29) is 11.6 Å². The van der Waals surface area contributed by atoms with Crippen LogP contribution < -0.4 is 0 Å². The number of nitrogens with zero attached hydrogens (tertiary/aromatic N) is 4. The van der Waals surface area contributed by atoms with E-state index in [9.17, 15) is 0 Å². The molecule has 2 aromatic rings. The molecule has 0 bridgehead atoms. The molecule has 0 aromatic carbocycles. The van der Waals surface area contributed by atoms with Crippen LogP contribution in [-0.2, 0) is 15.0 Å². The summed E-state index contributed by atoms with van der Waals surface area (Å²) < 4.78 is 15.4. The maximum absolute atomic E-state index is 5.60. The molecule has 1 atom stereocenters. The van der Waals surface area contributed by atoms with Crippen LogP contribution in [0.4, 0.5) is 0 Å². The minimum Gasteiger partial charge on any atom is -0.381 e. The molecule has 0 radical (unpaired) electrons. The first-order valence-corrected chi connectivity index (χ1v) is 9.33. The van der Waals surface area contributed by atoms with Crippen molar-refractivity contribution in [2.45, 2.75) is 57.5 Å². The molecule has 0 N–H and O–H groups in total. The molecule has 2 saturated heterocycles. The molecule has 136 valence electrons. The summed E-state index contributed by atoms with van der Waals surface area (Å²) in [5.74, 6) is 2.34. The van der Waals surface area contributed by atoms with Gasteiger partial charge in [0.2, 0.25) is 0 Å². The van der Waals surface area contributed by atoms with E-state index in [1.54, 1.807) is 0 Å². The Morgan fingerprint density at radius 3 is 2.48 bits per heavy atom. The fourth-order valence-corrected chi connectivity index (χ4v) is 3.58. The van der Waals surface area contributed by atoms with Crippen molar-refractivity contribution in [3.63, 3.8) is 0 Å². The molecular formula is C19H28N4O2. The van der Waals surface area contributed by atoms with Crippen molar-refractivity contribution in [2.75, 3.05) is 26.4 Å². The Kier molecular flexibility index (Phi) is 4.41. The predicted octanol–water partition coefficient (Wildman–Crippen LogP) is 3.36. The molecule has 25 heavy (non-hydrogen) atoms. The van der Waals surface area contributed by atoms with Gasteiger partial charge in [-0.2, -0.15) is 5.10 Å². The minimum atomic E-state index is 0.0586. The van der Waals surface area contributed by atoms with Crippen molar-refractivity contribution >= 4 is 0 Å². The molecule has 2 aliphatic heterocycles. The summed E-state index contributed by atoms with van der Waals surface area (Å²) in [6, 6.07) is 2.43. The molecule has 4 rings (SSSR count). The van der Waals surface area contributed by atoms with E-state index in [1.807, 2.05) is 0 Å². The standard InChI is InChI=1S/C19H28N4O2/c1-19(2,3)22-8-4-15(12-22)18-20-17(14-5-9-24-10-6-14)21-23(18)16-7-11-25-13-16/h4,8,12,14,16H,5-7,9-11,13H2,1-3H3. The minimum absolute atomic E-state index is 0.0586. The van der Waals surface area contributed by atoms with E-state index in [4.69, 9.17) is 19.6 Å². The molecule has 0 amide bonds. The third kappa shape index (κ3) is 3.37. The second kappa shape index (κ2) is 6.57. The maximum Gasteiger partial charge on any atom is 0.160 e. The fraction of sp³-hybridized carbons (Fsp3) is 0.684. The highest BCUT2D eigenvalue weighted by molar-refractivity contribution is 5.54. The number of hydrogen-bond acceptors (Lipinski definition) is 4. The van der Waals surface area contributed by atoms with E-state index in [0.717, 1.165) is 62.9 Å². The zero-order valence-corrected chi connectivity index (χ0v) is 15.4. The van der Waals surface area contributed by atoms with Crippen LogP contribution >= 0.6 is 0 Å². The Labute approximate surface area is 149 Å². The molecule has 2 aromatic heterocycles. The summed E-state index contributed by atoms with van der Waals surface area (Å²) in [4.78, 5) is 4.97. The third-order valence-electron chi connectivity index (χ3n) is 5.21. The number of rotatable bonds is 3. The lowest BCUT2D eigenvalue weighted by Crippen LogP contribution is -2.19. The lowest BCUT2D eigenvalue weighted by molar-refractivity contribution is 0.0835. The van der Waals surface area contributed by atoms with Crippen molar-refractivity contribution in [3.05, 3.63) is 24.3 Å². The quantitative estimate of drug-likeness (QED) is 0.857. The molecule has 6 nitrogen and oxygen atoms in total. The van der Waals surface area contributed by atoms with Gasteiger partial charge in [-0.05, 0) is 46.1 Å². The van der Waals surface area contributed by atoms with Crippen molar-refractivity contribution in [1.29, 1.82) is 0 Å². The maximum atomic E-state index is 5.60. The summed E-state index contributed by atoms with van der Waals surface area (Å²) in [6.45, 7) is 9.77. The largest absolute Gasteiger partial charge is 0.381 e. The zero-order valence-electron chi connectivity index (χ0n) is 15.4.